The second-order valence-electron chi connectivity index (χ2n) is 9.63. The van der Waals surface area contributed by atoms with Crippen LogP contribution < -0.4 is 9.47 Å². The third-order valence-corrected chi connectivity index (χ3v) is 6.41. The highest BCUT2D eigenvalue weighted by Crippen LogP contribution is 2.18. The zero-order valence-electron chi connectivity index (χ0n) is 22.2. The van der Waals surface area contributed by atoms with E-state index < -0.39 is 12.3 Å². The van der Waals surface area contributed by atoms with Gasteiger partial charge in [0.2, 0.25) is 0 Å². The van der Waals surface area contributed by atoms with Crippen molar-refractivity contribution in [2.75, 3.05) is 13.2 Å². The normalized spacial score (nSPS) is 12.6. The Kier molecular flexibility index (Phi) is 11.4. The molecule has 0 aliphatic rings. The smallest absolute Gasteiger partial charge is 0.119 e. The fraction of sp³-hybridized carbons (Fsp3) is 0.294. The molecule has 4 aromatic rings. The molecule has 0 radical (unpaired) electrons. The molecule has 0 aliphatic carbocycles. The maximum atomic E-state index is 14.4. The zero-order valence-corrected chi connectivity index (χ0v) is 22.2. The van der Waals surface area contributed by atoms with Crippen molar-refractivity contribution in [1.29, 1.82) is 0 Å². The lowest BCUT2D eigenvalue weighted by Gasteiger charge is -2.12. The molecule has 0 aromatic heterocycles. The molecule has 0 N–H and O–H groups in total. The highest BCUT2D eigenvalue weighted by Gasteiger charge is 2.11. The first-order chi connectivity index (χ1) is 19.1. The maximum Gasteiger partial charge on any atom is 0.119 e. The number of hydrogen-bond donors (Lipinski definition) is 0. The Morgan fingerprint density at radius 1 is 0.462 bits per heavy atom. The van der Waals surface area contributed by atoms with Gasteiger partial charge in [-0.15, -0.1) is 0 Å². The highest BCUT2D eigenvalue weighted by molar-refractivity contribution is 5.29. The van der Waals surface area contributed by atoms with E-state index in [0.717, 1.165) is 33.8 Å². The van der Waals surface area contributed by atoms with Gasteiger partial charge in [-0.2, -0.15) is 0 Å². The number of halogens is 2. The molecule has 0 heterocycles. The summed E-state index contributed by atoms with van der Waals surface area (Å²) < 4.78 is 45.9. The standard InChI is InChI=1S/C34H36F2O3/c35-31(23-27-11-15-33(16-12-27)38-25-29-7-3-1-4-8-29)19-21-37-22-20-32(36)24-28-13-17-34(18-14-28)39-26-30-9-5-2-6-10-30/h1-18,31-32H,19-26H2. The summed E-state index contributed by atoms with van der Waals surface area (Å²) >= 11 is 0. The average molecular weight is 531 g/mol. The predicted octanol–water partition coefficient (Wildman–Crippen LogP) is 8.10. The molecular weight excluding hydrogens is 494 g/mol. The van der Waals surface area contributed by atoms with E-state index in [1.54, 1.807) is 0 Å². The molecule has 5 heteroatoms. The van der Waals surface area contributed by atoms with E-state index in [9.17, 15) is 8.78 Å². The van der Waals surface area contributed by atoms with Gasteiger partial charge in [0.25, 0.3) is 0 Å². The van der Waals surface area contributed by atoms with Crippen LogP contribution in [0.1, 0.15) is 35.1 Å². The van der Waals surface area contributed by atoms with Gasteiger partial charge in [0.15, 0.2) is 0 Å². The SMILES string of the molecule is FC(CCOCCC(F)Cc1ccc(OCc2ccccc2)cc1)Cc1ccc(OCc2ccccc2)cc1. The Morgan fingerprint density at radius 2 is 0.846 bits per heavy atom. The number of hydrogen-bond acceptors (Lipinski definition) is 3. The maximum absolute atomic E-state index is 14.4. The molecule has 39 heavy (non-hydrogen) atoms. The van der Waals surface area contributed by atoms with Crippen molar-refractivity contribution in [2.24, 2.45) is 0 Å². The summed E-state index contributed by atoms with van der Waals surface area (Å²) in [6.45, 7) is 1.55. The zero-order chi connectivity index (χ0) is 27.1. The van der Waals surface area contributed by atoms with Crippen LogP contribution in [0.25, 0.3) is 0 Å². The van der Waals surface area contributed by atoms with Gasteiger partial charge < -0.3 is 14.2 Å². The third-order valence-electron chi connectivity index (χ3n) is 6.41. The van der Waals surface area contributed by atoms with E-state index in [0.29, 0.717) is 26.1 Å². The summed E-state index contributed by atoms with van der Waals surface area (Å²) in [6.07, 6.45) is -0.811. The minimum Gasteiger partial charge on any atom is -0.489 e. The van der Waals surface area contributed by atoms with Crippen LogP contribution in [0.5, 0.6) is 11.5 Å². The Bertz CT molecular complexity index is 1100. The summed E-state index contributed by atoms with van der Waals surface area (Å²) in [4.78, 5) is 0. The molecule has 2 atom stereocenters. The topological polar surface area (TPSA) is 27.7 Å². The second kappa shape index (κ2) is 15.6. The molecule has 0 saturated heterocycles. The van der Waals surface area contributed by atoms with E-state index in [1.165, 1.54) is 0 Å². The van der Waals surface area contributed by atoms with Crippen LogP contribution >= 0.6 is 0 Å². The van der Waals surface area contributed by atoms with Crippen molar-refractivity contribution in [3.05, 3.63) is 131 Å². The Labute approximate surface area is 230 Å². The van der Waals surface area contributed by atoms with Crippen LogP contribution in [0.4, 0.5) is 8.78 Å². The van der Waals surface area contributed by atoms with Crippen LogP contribution in [0.15, 0.2) is 109 Å². The van der Waals surface area contributed by atoms with Gasteiger partial charge in [-0.05, 0) is 46.5 Å². The molecule has 0 amide bonds. The van der Waals surface area contributed by atoms with Crippen molar-refractivity contribution in [2.45, 2.75) is 51.2 Å². The van der Waals surface area contributed by atoms with E-state index >= 15 is 0 Å². The number of benzene rings is 4. The van der Waals surface area contributed by atoms with Crippen molar-refractivity contribution in [1.82, 2.24) is 0 Å². The first kappa shape index (κ1) is 28.3. The van der Waals surface area contributed by atoms with E-state index in [-0.39, 0.29) is 26.1 Å². The summed E-state index contributed by atoms with van der Waals surface area (Å²) in [5.41, 5.74) is 4.02. The predicted molar refractivity (Wildman–Crippen MR) is 152 cm³/mol. The summed E-state index contributed by atoms with van der Waals surface area (Å²) in [7, 11) is 0. The van der Waals surface area contributed by atoms with E-state index in [2.05, 4.69) is 0 Å². The summed E-state index contributed by atoms with van der Waals surface area (Å²) in [5.74, 6) is 1.52. The van der Waals surface area contributed by atoms with Gasteiger partial charge in [0.1, 0.15) is 37.1 Å². The molecule has 0 spiro atoms. The molecule has 0 aliphatic heterocycles. The number of ether oxygens (including phenoxy) is 3. The van der Waals surface area contributed by atoms with Crippen LogP contribution in [-0.2, 0) is 30.8 Å². The molecule has 4 rings (SSSR count). The summed E-state index contributed by atoms with van der Waals surface area (Å²) in [6, 6.07) is 35.0. The summed E-state index contributed by atoms with van der Waals surface area (Å²) in [5, 5.41) is 0. The minimum absolute atomic E-state index is 0.277. The number of alkyl halides is 2. The van der Waals surface area contributed by atoms with E-state index in [4.69, 9.17) is 14.2 Å². The lowest BCUT2D eigenvalue weighted by molar-refractivity contribution is 0.0940. The highest BCUT2D eigenvalue weighted by atomic mass is 19.1. The third kappa shape index (κ3) is 10.5. The Morgan fingerprint density at radius 3 is 1.23 bits per heavy atom. The molecule has 2 unspecified atom stereocenters. The molecule has 4 aromatic carbocycles. The van der Waals surface area contributed by atoms with Crippen LogP contribution in [0, 0.1) is 0 Å². The average Bonchev–Trinajstić information content (AvgIpc) is 2.97. The van der Waals surface area contributed by atoms with Crippen molar-refractivity contribution in [3.63, 3.8) is 0 Å². The Hall–Kier alpha value is -3.70. The van der Waals surface area contributed by atoms with Gasteiger partial charge >= 0.3 is 0 Å². The van der Waals surface area contributed by atoms with Gasteiger partial charge in [-0.25, -0.2) is 8.78 Å². The second-order valence-corrected chi connectivity index (χ2v) is 9.63. The molecule has 0 bridgehead atoms. The number of rotatable bonds is 16. The van der Waals surface area contributed by atoms with Crippen molar-refractivity contribution in [3.8, 4) is 11.5 Å². The monoisotopic (exact) mass is 530 g/mol. The minimum atomic E-state index is -1.01. The van der Waals surface area contributed by atoms with E-state index in [1.807, 2.05) is 109 Å². The van der Waals surface area contributed by atoms with Gasteiger partial charge in [0, 0.05) is 38.9 Å². The largest absolute Gasteiger partial charge is 0.489 e. The molecule has 0 saturated carbocycles. The molecule has 0 fully saturated rings. The van der Waals surface area contributed by atoms with Crippen molar-refractivity contribution < 1.29 is 23.0 Å². The van der Waals surface area contributed by atoms with Crippen LogP contribution in [0.3, 0.4) is 0 Å². The van der Waals surface area contributed by atoms with Gasteiger partial charge in [-0.1, -0.05) is 84.9 Å². The van der Waals surface area contributed by atoms with Crippen LogP contribution in [0.2, 0.25) is 0 Å². The van der Waals surface area contributed by atoms with Gasteiger partial charge in [-0.3, -0.25) is 0 Å². The first-order valence-corrected chi connectivity index (χ1v) is 13.5. The first-order valence-electron chi connectivity index (χ1n) is 13.5. The Balaban J connectivity index is 1.06. The fourth-order valence-corrected chi connectivity index (χ4v) is 4.17. The fourth-order valence-electron chi connectivity index (χ4n) is 4.17. The van der Waals surface area contributed by atoms with Gasteiger partial charge in [0.05, 0.1) is 0 Å². The van der Waals surface area contributed by atoms with Crippen LogP contribution in [-0.4, -0.2) is 25.6 Å². The molecular formula is C34H36F2O3. The lowest BCUT2D eigenvalue weighted by atomic mass is 10.1. The lowest BCUT2D eigenvalue weighted by Crippen LogP contribution is -2.12. The molecule has 204 valence electrons. The van der Waals surface area contributed by atoms with Crippen molar-refractivity contribution >= 4 is 0 Å². The molecule has 3 nitrogen and oxygen atoms in total. The quantitative estimate of drug-likeness (QED) is 0.137.